The van der Waals surface area contributed by atoms with E-state index in [0.29, 0.717) is 0 Å². The number of halogens is 3. The Bertz CT molecular complexity index is 709. The molecule has 0 saturated heterocycles. The van der Waals surface area contributed by atoms with Crippen molar-refractivity contribution in [1.29, 1.82) is 0 Å². The number of ether oxygens (including phenoxy) is 1. The summed E-state index contributed by atoms with van der Waals surface area (Å²) in [6.07, 6.45) is -4.69. The van der Waals surface area contributed by atoms with Gasteiger partial charge in [0.2, 0.25) is 11.7 Å². The van der Waals surface area contributed by atoms with Gasteiger partial charge in [0, 0.05) is 0 Å². The minimum atomic E-state index is -4.69. The molecule has 0 aliphatic heterocycles. The minimum absolute atomic E-state index is 0.135. The first kappa shape index (κ1) is 15.8. The Kier molecular flexibility index (Phi) is 4.34. The summed E-state index contributed by atoms with van der Waals surface area (Å²) in [5, 5.41) is 2.19. The predicted octanol–water partition coefficient (Wildman–Crippen LogP) is 1.34. The fourth-order valence-corrected chi connectivity index (χ4v) is 1.89. The van der Waals surface area contributed by atoms with Gasteiger partial charge in [-0.1, -0.05) is 12.1 Å². The second kappa shape index (κ2) is 6.04. The summed E-state index contributed by atoms with van der Waals surface area (Å²) in [7, 11) is 1.14. The predicted molar refractivity (Wildman–Crippen MR) is 69.8 cm³/mol. The van der Waals surface area contributed by atoms with E-state index >= 15 is 0 Å². The van der Waals surface area contributed by atoms with Gasteiger partial charge in [0.05, 0.1) is 18.1 Å². The number of amides is 1. The molecule has 0 atom stereocenters. The Morgan fingerprint density at radius 3 is 2.64 bits per heavy atom. The van der Waals surface area contributed by atoms with Gasteiger partial charge in [-0.15, -0.1) is 0 Å². The monoisotopic (exact) mass is 315 g/mol. The van der Waals surface area contributed by atoms with Gasteiger partial charge < -0.3 is 14.6 Å². The number of carbonyl (C=O) groups excluding carboxylic acids is 2. The highest BCUT2D eigenvalue weighted by atomic mass is 19.4. The molecule has 6 nitrogen and oxygen atoms in total. The first-order valence-electron chi connectivity index (χ1n) is 6.19. The molecular formula is C13H12F3N3O3. The van der Waals surface area contributed by atoms with Crippen LogP contribution in [0.1, 0.15) is 5.82 Å². The summed E-state index contributed by atoms with van der Waals surface area (Å²) < 4.78 is 44.1. The number of rotatable bonds is 4. The Balaban J connectivity index is 2.29. The number of carbonyl (C=O) groups is 2. The van der Waals surface area contributed by atoms with E-state index in [1.165, 1.54) is 12.1 Å². The van der Waals surface area contributed by atoms with Crippen LogP contribution in [0.25, 0.3) is 11.0 Å². The number of nitrogens with one attached hydrogen (secondary N) is 1. The van der Waals surface area contributed by atoms with Crippen molar-refractivity contribution in [3.63, 3.8) is 0 Å². The van der Waals surface area contributed by atoms with Crippen molar-refractivity contribution >= 4 is 22.9 Å². The van der Waals surface area contributed by atoms with Gasteiger partial charge in [-0.25, -0.2) is 4.98 Å². The number of fused-ring (bicyclic) bond motifs is 1. The third-order valence-corrected chi connectivity index (χ3v) is 2.87. The molecule has 0 fully saturated rings. The van der Waals surface area contributed by atoms with E-state index in [9.17, 15) is 22.8 Å². The van der Waals surface area contributed by atoms with Crippen LogP contribution in [-0.4, -0.2) is 35.1 Å². The van der Waals surface area contributed by atoms with Crippen molar-refractivity contribution in [2.24, 2.45) is 0 Å². The lowest BCUT2D eigenvalue weighted by atomic mass is 10.3. The second-order valence-electron chi connectivity index (χ2n) is 4.36. The summed E-state index contributed by atoms with van der Waals surface area (Å²) >= 11 is 0. The maximum absolute atomic E-state index is 13.0. The normalized spacial score (nSPS) is 11.5. The molecule has 0 bridgehead atoms. The van der Waals surface area contributed by atoms with Crippen LogP contribution in [0.4, 0.5) is 13.2 Å². The maximum atomic E-state index is 13.0. The SMILES string of the molecule is COC(=O)CNC(=O)Cn1c(C(F)(F)F)nc2ccccc21. The number of aromatic nitrogens is 2. The van der Waals surface area contributed by atoms with Gasteiger partial charge in [-0.3, -0.25) is 9.59 Å². The van der Waals surface area contributed by atoms with Crippen LogP contribution in [0.5, 0.6) is 0 Å². The second-order valence-corrected chi connectivity index (χ2v) is 4.36. The Hall–Kier alpha value is -2.58. The highest BCUT2D eigenvalue weighted by Crippen LogP contribution is 2.31. The zero-order valence-corrected chi connectivity index (χ0v) is 11.5. The fraction of sp³-hybridized carbons (Fsp3) is 0.308. The highest BCUT2D eigenvalue weighted by Gasteiger charge is 2.37. The molecule has 1 N–H and O–H groups in total. The van der Waals surface area contributed by atoms with E-state index in [-0.39, 0.29) is 11.0 Å². The van der Waals surface area contributed by atoms with E-state index in [1.54, 1.807) is 12.1 Å². The molecule has 9 heteroatoms. The first-order chi connectivity index (χ1) is 10.3. The zero-order valence-electron chi connectivity index (χ0n) is 11.5. The summed E-state index contributed by atoms with van der Waals surface area (Å²) in [4.78, 5) is 26.2. The Morgan fingerprint density at radius 2 is 2.00 bits per heavy atom. The van der Waals surface area contributed by atoms with E-state index in [1.807, 2.05) is 0 Å². The number of imidazole rings is 1. The lowest BCUT2D eigenvalue weighted by Crippen LogP contribution is -2.33. The lowest BCUT2D eigenvalue weighted by Gasteiger charge is -2.11. The van der Waals surface area contributed by atoms with Crippen molar-refractivity contribution in [2.45, 2.75) is 12.7 Å². The molecule has 0 aliphatic rings. The molecule has 1 amide bonds. The summed E-state index contributed by atoms with van der Waals surface area (Å²) in [6.45, 7) is -1.02. The standard InChI is InChI=1S/C13H12F3N3O3/c1-22-11(21)6-17-10(20)7-19-9-5-3-2-4-8(9)18-12(19)13(14,15)16/h2-5H,6-7H2,1H3,(H,17,20). The van der Waals surface area contributed by atoms with Crippen LogP contribution >= 0.6 is 0 Å². The molecule has 118 valence electrons. The van der Waals surface area contributed by atoms with E-state index in [2.05, 4.69) is 15.0 Å². The molecule has 0 spiro atoms. The molecule has 0 aliphatic carbocycles. The summed E-state index contributed by atoms with van der Waals surface area (Å²) in [5.41, 5.74) is 0.318. The molecule has 1 heterocycles. The highest BCUT2D eigenvalue weighted by molar-refractivity contribution is 5.84. The van der Waals surface area contributed by atoms with Gasteiger partial charge in [-0.05, 0) is 12.1 Å². The van der Waals surface area contributed by atoms with Crippen LogP contribution in [0.15, 0.2) is 24.3 Å². The molecule has 22 heavy (non-hydrogen) atoms. The Morgan fingerprint density at radius 1 is 1.32 bits per heavy atom. The lowest BCUT2D eigenvalue weighted by molar-refractivity contribution is -0.148. The maximum Gasteiger partial charge on any atom is 0.449 e. The number of benzene rings is 1. The van der Waals surface area contributed by atoms with Crippen LogP contribution in [0, 0.1) is 0 Å². The van der Waals surface area contributed by atoms with Gasteiger partial charge in [0.25, 0.3) is 0 Å². The molecule has 2 aromatic rings. The van der Waals surface area contributed by atoms with Gasteiger partial charge >= 0.3 is 12.1 Å². The number of nitrogens with zero attached hydrogens (tertiary/aromatic N) is 2. The van der Waals surface area contributed by atoms with Crippen molar-refractivity contribution < 1.29 is 27.5 Å². The average Bonchev–Trinajstić information content (AvgIpc) is 2.84. The smallest absolute Gasteiger partial charge is 0.449 e. The average molecular weight is 315 g/mol. The van der Waals surface area contributed by atoms with Gasteiger partial charge in [0.15, 0.2) is 0 Å². The Labute approximate surface area is 122 Å². The fourth-order valence-electron chi connectivity index (χ4n) is 1.89. The van der Waals surface area contributed by atoms with Crippen LogP contribution in [-0.2, 0) is 27.0 Å². The van der Waals surface area contributed by atoms with Crippen molar-refractivity contribution in [3.05, 3.63) is 30.1 Å². The number of hydrogen-bond donors (Lipinski definition) is 1. The van der Waals surface area contributed by atoms with E-state index in [4.69, 9.17) is 0 Å². The number of methoxy groups -OCH3 is 1. The molecule has 0 radical (unpaired) electrons. The van der Waals surface area contributed by atoms with E-state index < -0.39 is 37.0 Å². The van der Waals surface area contributed by atoms with Crippen LogP contribution in [0.3, 0.4) is 0 Å². The number of hydrogen-bond acceptors (Lipinski definition) is 4. The summed E-state index contributed by atoms with van der Waals surface area (Å²) in [6, 6.07) is 5.96. The number of para-hydroxylation sites is 2. The quantitative estimate of drug-likeness (QED) is 0.864. The third-order valence-electron chi connectivity index (χ3n) is 2.87. The topological polar surface area (TPSA) is 73.2 Å². The molecule has 1 aromatic heterocycles. The number of alkyl halides is 3. The molecule has 1 aromatic carbocycles. The number of esters is 1. The van der Waals surface area contributed by atoms with Crippen molar-refractivity contribution in [1.82, 2.24) is 14.9 Å². The van der Waals surface area contributed by atoms with Crippen LogP contribution in [0.2, 0.25) is 0 Å². The third kappa shape index (κ3) is 3.35. The molecular weight excluding hydrogens is 303 g/mol. The van der Waals surface area contributed by atoms with Crippen molar-refractivity contribution in [3.8, 4) is 0 Å². The van der Waals surface area contributed by atoms with Crippen molar-refractivity contribution in [2.75, 3.05) is 13.7 Å². The molecule has 0 unspecified atom stereocenters. The molecule has 2 rings (SSSR count). The molecule has 0 saturated carbocycles. The van der Waals surface area contributed by atoms with Crippen LogP contribution < -0.4 is 5.32 Å². The van der Waals surface area contributed by atoms with Gasteiger partial charge in [-0.2, -0.15) is 13.2 Å². The minimum Gasteiger partial charge on any atom is -0.468 e. The van der Waals surface area contributed by atoms with Gasteiger partial charge in [0.1, 0.15) is 13.1 Å². The van der Waals surface area contributed by atoms with E-state index in [0.717, 1.165) is 11.7 Å². The summed E-state index contributed by atoms with van der Waals surface area (Å²) in [5.74, 6) is -2.61. The zero-order chi connectivity index (χ0) is 16.3. The first-order valence-corrected chi connectivity index (χ1v) is 6.19. The largest absolute Gasteiger partial charge is 0.468 e.